The van der Waals surface area contributed by atoms with Crippen molar-refractivity contribution in [3.63, 3.8) is 0 Å². The van der Waals surface area contributed by atoms with E-state index in [1.165, 1.54) is 6.42 Å². The zero-order valence-electron chi connectivity index (χ0n) is 23.0. The summed E-state index contributed by atoms with van der Waals surface area (Å²) in [7, 11) is 0. The van der Waals surface area contributed by atoms with Crippen molar-refractivity contribution in [3.05, 3.63) is 101 Å². The fourth-order valence-electron chi connectivity index (χ4n) is 5.25. The molecule has 0 atom stereocenters. The molecule has 0 spiro atoms. The zero-order valence-corrected chi connectivity index (χ0v) is 23.7. The lowest BCUT2D eigenvalue weighted by atomic mass is 9.94. The summed E-state index contributed by atoms with van der Waals surface area (Å²) in [6.45, 7) is 3.95. The number of benzene rings is 2. The molecule has 0 unspecified atom stereocenters. The second-order valence-electron chi connectivity index (χ2n) is 10.4. The van der Waals surface area contributed by atoms with Gasteiger partial charge >= 0.3 is 0 Å². The van der Waals surface area contributed by atoms with Crippen LogP contribution in [0.2, 0.25) is 5.02 Å². The van der Waals surface area contributed by atoms with E-state index in [2.05, 4.69) is 17.6 Å². The van der Waals surface area contributed by atoms with Crippen LogP contribution in [0.15, 0.2) is 79.0 Å². The Hall–Kier alpha value is -3.31. The molecule has 39 heavy (non-hydrogen) atoms. The highest BCUT2D eigenvalue weighted by atomic mass is 35.5. The average molecular weight is 546 g/mol. The monoisotopic (exact) mass is 545 g/mol. The molecule has 1 saturated carbocycles. The molecule has 4 rings (SSSR count). The van der Waals surface area contributed by atoms with Crippen LogP contribution < -0.4 is 0 Å². The number of aromatic nitrogens is 1. The van der Waals surface area contributed by atoms with Crippen molar-refractivity contribution < 1.29 is 9.59 Å². The van der Waals surface area contributed by atoms with Gasteiger partial charge in [0.1, 0.15) is 6.54 Å². The summed E-state index contributed by atoms with van der Waals surface area (Å²) in [4.78, 5) is 30.9. The molecule has 0 bridgehead atoms. The van der Waals surface area contributed by atoms with Gasteiger partial charge in [0.25, 0.3) is 0 Å². The third-order valence-corrected chi connectivity index (χ3v) is 7.90. The maximum atomic E-state index is 13.9. The average Bonchev–Trinajstić information content (AvgIpc) is 3.41. The summed E-state index contributed by atoms with van der Waals surface area (Å²) in [6, 6.07) is 22.0. The van der Waals surface area contributed by atoms with Crippen LogP contribution in [-0.2, 0) is 22.7 Å². The first-order chi connectivity index (χ1) is 19.0. The van der Waals surface area contributed by atoms with Crippen LogP contribution in [0.4, 0.5) is 0 Å². The number of hydrogen-bond acceptors (Lipinski definition) is 2. The molecule has 1 aliphatic rings. The fourth-order valence-corrected chi connectivity index (χ4v) is 5.45. The van der Waals surface area contributed by atoms with E-state index in [0.29, 0.717) is 19.6 Å². The van der Waals surface area contributed by atoms with Crippen molar-refractivity contribution in [3.8, 4) is 0 Å². The van der Waals surface area contributed by atoms with Crippen molar-refractivity contribution in [2.24, 2.45) is 0 Å². The molecule has 3 aromatic rings. The molecular formula is C33H40ClN3O2. The van der Waals surface area contributed by atoms with Gasteiger partial charge in [-0.15, -0.1) is 0 Å². The second kappa shape index (κ2) is 14.7. The molecule has 0 N–H and O–H groups in total. The Bertz CT molecular complexity index is 1230. The molecule has 1 fully saturated rings. The summed E-state index contributed by atoms with van der Waals surface area (Å²) < 4.78 is 2.17. The molecule has 1 heterocycles. The largest absolute Gasteiger partial charge is 0.345 e. The molecule has 0 aliphatic heterocycles. The SMILES string of the molecule is CCCCN(CC(=O)N(Cc1cccn1Cc1ccccc1Cl)C1CCCCC1)C(=O)/C=C/c1ccccc1. The quantitative estimate of drug-likeness (QED) is 0.226. The number of amides is 2. The maximum absolute atomic E-state index is 13.9. The molecule has 0 radical (unpaired) electrons. The molecule has 1 aromatic heterocycles. The number of carbonyl (C=O) groups is 2. The first-order valence-electron chi connectivity index (χ1n) is 14.2. The molecule has 5 nitrogen and oxygen atoms in total. The highest BCUT2D eigenvalue weighted by molar-refractivity contribution is 6.31. The van der Waals surface area contributed by atoms with Gasteiger partial charge in [-0.25, -0.2) is 0 Å². The van der Waals surface area contributed by atoms with Crippen LogP contribution in [0.5, 0.6) is 0 Å². The van der Waals surface area contributed by atoms with Gasteiger partial charge < -0.3 is 14.4 Å². The number of nitrogens with zero attached hydrogens (tertiary/aromatic N) is 3. The predicted octanol–water partition coefficient (Wildman–Crippen LogP) is 7.19. The maximum Gasteiger partial charge on any atom is 0.247 e. The molecule has 2 amide bonds. The van der Waals surface area contributed by atoms with E-state index in [0.717, 1.165) is 60.4 Å². The fraction of sp³-hybridized carbons (Fsp3) is 0.394. The van der Waals surface area contributed by atoms with E-state index < -0.39 is 0 Å². The minimum atomic E-state index is -0.119. The predicted molar refractivity (Wildman–Crippen MR) is 159 cm³/mol. The molecule has 1 aliphatic carbocycles. The van der Waals surface area contributed by atoms with Crippen molar-refractivity contribution in [1.29, 1.82) is 0 Å². The van der Waals surface area contributed by atoms with Gasteiger partial charge in [0.15, 0.2) is 0 Å². The standard InChI is InChI=1S/C33H40ClN3O2/c1-2-3-22-36(32(38)21-20-27-13-6-4-7-14-27)26-33(39)37(29-16-8-5-9-17-29)25-30-18-12-23-35(30)24-28-15-10-11-19-31(28)34/h4,6-7,10-15,18-21,23,29H,2-3,5,8-9,16-17,22,24-26H2,1H3/b21-20+. The first kappa shape index (κ1) is 28.7. The Labute approximate surface area is 238 Å². The van der Waals surface area contributed by atoms with E-state index in [1.807, 2.05) is 77.8 Å². The van der Waals surface area contributed by atoms with Crippen molar-refractivity contribution >= 4 is 29.5 Å². The zero-order chi connectivity index (χ0) is 27.5. The van der Waals surface area contributed by atoms with Crippen LogP contribution >= 0.6 is 11.6 Å². The normalized spacial score (nSPS) is 14.0. The van der Waals surface area contributed by atoms with Crippen LogP contribution in [0.25, 0.3) is 6.08 Å². The molecule has 0 saturated heterocycles. The summed E-state index contributed by atoms with van der Waals surface area (Å²) in [5.41, 5.74) is 3.09. The van der Waals surface area contributed by atoms with Crippen LogP contribution in [0.3, 0.4) is 0 Å². The third-order valence-electron chi connectivity index (χ3n) is 7.53. The summed E-state index contributed by atoms with van der Waals surface area (Å²) in [5.74, 6) is -0.101. The van der Waals surface area contributed by atoms with Crippen molar-refractivity contribution in [2.45, 2.75) is 71.0 Å². The van der Waals surface area contributed by atoms with Crippen molar-refractivity contribution in [2.75, 3.05) is 13.1 Å². The van der Waals surface area contributed by atoms with Gasteiger partial charge in [0, 0.05) is 42.1 Å². The number of carbonyl (C=O) groups excluding carboxylic acids is 2. The lowest BCUT2D eigenvalue weighted by Crippen LogP contribution is -2.47. The van der Waals surface area contributed by atoms with Gasteiger partial charge in [-0.2, -0.15) is 0 Å². The molecule has 2 aromatic carbocycles. The number of unbranched alkanes of at least 4 members (excludes halogenated alkanes) is 1. The topological polar surface area (TPSA) is 45.6 Å². The smallest absolute Gasteiger partial charge is 0.247 e. The van der Waals surface area contributed by atoms with E-state index in [1.54, 1.807) is 11.0 Å². The van der Waals surface area contributed by atoms with Gasteiger partial charge in [-0.1, -0.05) is 92.7 Å². The van der Waals surface area contributed by atoms with E-state index in [-0.39, 0.29) is 24.4 Å². The Morgan fingerprint density at radius 2 is 1.72 bits per heavy atom. The summed E-state index contributed by atoms with van der Waals surface area (Å²) in [6.07, 6.45) is 12.8. The van der Waals surface area contributed by atoms with Gasteiger partial charge in [0.05, 0.1) is 6.54 Å². The van der Waals surface area contributed by atoms with E-state index in [9.17, 15) is 9.59 Å². The lowest BCUT2D eigenvalue weighted by Gasteiger charge is -2.36. The number of halogens is 1. The second-order valence-corrected chi connectivity index (χ2v) is 10.8. The summed E-state index contributed by atoms with van der Waals surface area (Å²) in [5, 5.41) is 0.742. The molecule has 206 valence electrons. The van der Waals surface area contributed by atoms with E-state index in [4.69, 9.17) is 11.6 Å². The number of hydrogen-bond donors (Lipinski definition) is 0. The first-order valence-corrected chi connectivity index (χ1v) is 14.6. The third kappa shape index (κ3) is 8.34. The van der Waals surface area contributed by atoms with Crippen LogP contribution in [0.1, 0.15) is 68.7 Å². The van der Waals surface area contributed by atoms with Gasteiger partial charge in [0.2, 0.25) is 11.8 Å². The van der Waals surface area contributed by atoms with Crippen LogP contribution in [0, 0.1) is 0 Å². The molecule has 6 heteroatoms. The summed E-state index contributed by atoms with van der Waals surface area (Å²) >= 11 is 6.44. The molecular weight excluding hydrogens is 506 g/mol. The lowest BCUT2D eigenvalue weighted by molar-refractivity contribution is -0.141. The van der Waals surface area contributed by atoms with E-state index >= 15 is 0 Å². The number of rotatable bonds is 12. The van der Waals surface area contributed by atoms with Crippen molar-refractivity contribution in [1.82, 2.24) is 14.4 Å². The minimum absolute atomic E-state index is 0.0185. The highest BCUT2D eigenvalue weighted by Crippen LogP contribution is 2.25. The minimum Gasteiger partial charge on any atom is -0.345 e. The Kier molecular flexibility index (Phi) is 10.8. The van der Waals surface area contributed by atoms with Gasteiger partial charge in [-0.05, 0) is 54.7 Å². The van der Waals surface area contributed by atoms with Gasteiger partial charge in [-0.3, -0.25) is 9.59 Å². The van der Waals surface area contributed by atoms with Crippen LogP contribution in [-0.4, -0.2) is 45.3 Å². The Balaban J connectivity index is 1.52. The Morgan fingerprint density at radius 3 is 2.46 bits per heavy atom. The highest BCUT2D eigenvalue weighted by Gasteiger charge is 2.28. The Morgan fingerprint density at radius 1 is 0.974 bits per heavy atom.